The van der Waals surface area contributed by atoms with Gasteiger partial charge in [0.25, 0.3) is 0 Å². The van der Waals surface area contributed by atoms with Gasteiger partial charge in [-0.1, -0.05) is 38.1 Å². The first-order valence-corrected chi connectivity index (χ1v) is 8.26. The lowest BCUT2D eigenvalue weighted by Gasteiger charge is -2.16. The van der Waals surface area contributed by atoms with Crippen molar-refractivity contribution in [1.82, 2.24) is 10.2 Å². The molecule has 23 heavy (non-hydrogen) atoms. The number of nitrogens with zero attached hydrogens (tertiary/aromatic N) is 1. The number of hydrogen-bond acceptors (Lipinski definition) is 2. The molecule has 0 fully saturated rings. The number of rotatable bonds is 5. The molecule has 1 N–H and O–H groups in total. The van der Waals surface area contributed by atoms with Crippen molar-refractivity contribution in [2.75, 3.05) is 6.61 Å². The van der Waals surface area contributed by atoms with Crippen molar-refractivity contribution in [2.24, 2.45) is 5.92 Å². The predicted molar refractivity (Wildman–Crippen MR) is 93.0 cm³/mol. The van der Waals surface area contributed by atoms with Gasteiger partial charge in [-0.05, 0) is 42.9 Å². The Hall–Kier alpha value is -2.23. The average molecular weight is 314 g/mol. The Morgan fingerprint density at radius 2 is 1.83 bits per heavy atom. The van der Waals surface area contributed by atoms with E-state index in [0.717, 1.165) is 30.6 Å². The summed E-state index contributed by atoms with van der Waals surface area (Å²) >= 11 is 0. The Balaban J connectivity index is 1.82. The van der Waals surface area contributed by atoms with Gasteiger partial charge in [-0.25, -0.2) is 4.79 Å². The predicted octanol–water partition coefficient (Wildman–Crippen LogP) is 4.44. The van der Waals surface area contributed by atoms with Crippen molar-refractivity contribution < 1.29 is 9.53 Å². The summed E-state index contributed by atoms with van der Waals surface area (Å²) in [6.45, 7) is 5.46. The van der Waals surface area contributed by atoms with Crippen LogP contribution in [-0.4, -0.2) is 17.5 Å². The Morgan fingerprint density at radius 1 is 1.17 bits per heavy atom. The second-order valence-corrected chi connectivity index (χ2v) is 6.12. The van der Waals surface area contributed by atoms with Crippen molar-refractivity contribution in [3.8, 4) is 5.75 Å². The fourth-order valence-electron chi connectivity index (χ4n) is 2.15. The van der Waals surface area contributed by atoms with Crippen LogP contribution >= 0.6 is 0 Å². The summed E-state index contributed by atoms with van der Waals surface area (Å²) in [5.41, 5.74) is 1.05. The zero-order chi connectivity index (χ0) is 16.5. The summed E-state index contributed by atoms with van der Waals surface area (Å²) < 4.78 is 5.66. The van der Waals surface area contributed by atoms with Gasteiger partial charge < -0.3 is 10.1 Å². The number of carbonyl (C=O) groups excluding carboxylic acids is 1. The third-order valence-corrected chi connectivity index (χ3v) is 3.46. The first kappa shape index (κ1) is 17.1. The van der Waals surface area contributed by atoms with E-state index in [1.165, 1.54) is 0 Å². The van der Waals surface area contributed by atoms with Crippen molar-refractivity contribution >= 4 is 6.03 Å². The number of ether oxygens (including phenoxy) is 1. The summed E-state index contributed by atoms with van der Waals surface area (Å²) in [4.78, 5) is 13.8. The fraction of sp³-hybridized carbons (Fsp3) is 0.421. The van der Waals surface area contributed by atoms with Gasteiger partial charge in [0.15, 0.2) is 0 Å². The number of allylic oxidation sites excluding steroid dienone is 2. The van der Waals surface area contributed by atoms with Gasteiger partial charge >= 0.3 is 6.03 Å². The van der Waals surface area contributed by atoms with E-state index in [4.69, 9.17) is 4.74 Å². The second-order valence-electron chi connectivity index (χ2n) is 6.12. The molecule has 2 amide bonds. The van der Waals surface area contributed by atoms with E-state index < -0.39 is 0 Å². The smallest absolute Gasteiger partial charge is 0.325 e. The van der Waals surface area contributed by atoms with Gasteiger partial charge in [0.1, 0.15) is 5.75 Å². The highest BCUT2D eigenvalue weighted by Gasteiger charge is 2.08. The highest BCUT2D eigenvalue weighted by atomic mass is 16.5. The third-order valence-electron chi connectivity index (χ3n) is 3.46. The summed E-state index contributed by atoms with van der Waals surface area (Å²) in [6, 6.07) is 7.74. The highest BCUT2D eigenvalue weighted by Crippen LogP contribution is 2.13. The minimum absolute atomic E-state index is 0.112. The normalized spacial score (nSPS) is 17.3. The number of benzene rings is 1. The molecule has 4 heteroatoms. The summed E-state index contributed by atoms with van der Waals surface area (Å²) in [5.74, 6) is 1.37. The SMILES string of the molecule is CC(C)COc1ccc(CNC(=O)N2/C=C\CCC/C=C\2)cc1. The Labute approximate surface area is 138 Å². The topological polar surface area (TPSA) is 41.6 Å². The summed E-state index contributed by atoms with van der Waals surface area (Å²) in [6.07, 6.45) is 10.9. The van der Waals surface area contributed by atoms with E-state index in [9.17, 15) is 4.79 Å². The number of nitrogens with one attached hydrogen (secondary N) is 1. The van der Waals surface area contributed by atoms with E-state index in [1.54, 1.807) is 4.90 Å². The number of urea groups is 1. The van der Waals surface area contributed by atoms with Gasteiger partial charge in [0.2, 0.25) is 0 Å². The van der Waals surface area contributed by atoms with E-state index in [2.05, 4.69) is 19.2 Å². The Bertz CT molecular complexity index is 533. The van der Waals surface area contributed by atoms with Crippen LogP contribution in [0.2, 0.25) is 0 Å². The van der Waals surface area contributed by atoms with Crippen molar-refractivity contribution in [1.29, 1.82) is 0 Å². The molecule has 0 saturated heterocycles. The van der Waals surface area contributed by atoms with Crippen LogP contribution in [0, 0.1) is 5.92 Å². The summed E-state index contributed by atoms with van der Waals surface area (Å²) in [7, 11) is 0. The Morgan fingerprint density at radius 3 is 2.43 bits per heavy atom. The van der Waals surface area contributed by atoms with Crippen LogP contribution in [0.5, 0.6) is 5.75 Å². The van der Waals surface area contributed by atoms with Crippen LogP contribution in [0.3, 0.4) is 0 Å². The van der Waals surface area contributed by atoms with E-state index in [0.29, 0.717) is 19.1 Å². The molecule has 1 aliphatic heterocycles. The van der Waals surface area contributed by atoms with E-state index in [1.807, 2.05) is 48.8 Å². The highest BCUT2D eigenvalue weighted by molar-refractivity contribution is 5.76. The lowest BCUT2D eigenvalue weighted by Crippen LogP contribution is -2.32. The zero-order valence-electron chi connectivity index (χ0n) is 14.0. The third kappa shape index (κ3) is 6.19. The first-order valence-electron chi connectivity index (χ1n) is 8.26. The van der Waals surface area contributed by atoms with Gasteiger partial charge in [-0.3, -0.25) is 4.90 Å². The molecular weight excluding hydrogens is 288 g/mol. The zero-order valence-corrected chi connectivity index (χ0v) is 14.0. The molecule has 1 aliphatic rings. The minimum Gasteiger partial charge on any atom is -0.493 e. The quantitative estimate of drug-likeness (QED) is 0.872. The number of hydrogen-bond donors (Lipinski definition) is 1. The molecule has 4 nitrogen and oxygen atoms in total. The number of amides is 2. The Kier molecular flexibility index (Phi) is 6.73. The number of carbonyl (C=O) groups is 1. The minimum atomic E-state index is -0.112. The maximum absolute atomic E-state index is 12.2. The van der Waals surface area contributed by atoms with Gasteiger partial charge in [0, 0.05) is 18.9 Å². The van der Waals surface area contributed by atoms with Crippen LogP contribution in [0.25, 0.3) is 0 Å². The molecule has 1 aromatic rings. The maximum Gasteiger partial charge on any atom is 0.325 e. The largest absolute Gasteiger partial charge is 0.493 e. The summed E-state index contributed by atoms with van der Waals surface area (Å²) in [5, 5.41) is 2.93. The van der Waals surface area contributed by atoms with Crippen LogP contribution in [-0.2, 0) is 6.54 Å². The van der Waals surface area contributed by atoms with Crippen LogP contribution in [0.15, 0.2) is 48.8 Å². The molecule has 2 rings (SSSR count). The maximum atomic E-state index is 12.2. The molecule has 0 radical (unpaired) electrons. The molecule has 0 bridgehead atoms. The molecule has 1 aromatic carbocycles. The molecule has 0 aliphatic carbocycles. The standard InChI is InChI=1S/C19H26N2O2/c1-16(2)15-23-18-10-8-17(9-11-18)14-20-19(22)21-12-6-4-3-5-7-13-21/h6-13,16H,3-5,14-15H2,1-2H3,(H,20,22)/b12-6-,13-7-. The van der Waals surface area contributed by atoms with Crippen LogP contribution in [0.4, 0.5) is 4.79 Å². The monoisotopic (exact) mass is 314 g/mol. The molecule has 0 atom stereocenters. The van der Waals surface area contributed by atoms with Crippen molar-refractivity contribution in [2.45, 2.75) is 39.7 Å². The van der Waals surface area contributed by atoms with Crippen LogP contribution in [0.1, 0.15) is 38.7 Å². The lowest BCUT2D eigenvalue weighted by atomic mass is 10.2. The molecule has 124 valence electrons. The van der Waals surface area contributed by atoms with Crippen molar-refractivity contribution in [3.63, 3.8) is 0 Å². The van der Waals surface area contributed by atoms with Crippen LogP contribution < -0.4 is 10.1 Å². The fourth-order valence-corrected chi connectivity index (χ4v) is 2.15. The molecule has 1 heterocycles. The lowest BCUT2D eigenvalue weighted by molar-refractivity contribution is 0.225. The molecular formula is C19H26N2O2. The molecule has 0 unspecified atom stereocenters. The molecule has 0 saturated carbocycles. The van der Waals surface area contributed by atoms with Crippen molar-refractivity contribution in [3.05, 3.63) is 54.4 Å². The van der Waals surface area contributed by atoms with Gasteiger partial charge in [-0.15, -0.1) is 0 Å². The first-order chi connectivity index (χ1) is 11.1. The average Bonchev–Trinajstić information content (AvgIpc) is 2.51. The molecule has 0 aromatic heterocycles. The van der Waals surface area contributed by atoms with E-state index in [-0.39, 0.29) is 6.03 Å². The van der Waals surface area contributed by atoms with Gasteiger partial charge in [0.05, 0.1) is 6.61 Å². The molecule has 0 spiro atoms. The van der Waals surface area contributed by atoms with Gasteiger partial charge in [-0.2, -0.15) is 0 Å². The van der Waals surface area contributed by atoms with E-state index >= 15 is 0 Å². The second kappa shape index (κ2) is 9.03.